The van der Waals surface area contributed by atoms with Crippen molar-refractivity contribution in [2.75, 3.05) is 7.05 Å². The summed E-state index contributed by atoms with van der Waals surface area (Å²) in [5.74, 6) is 1.73. The second-order valence-electron chi connectivity index (χ2n) is 7.18. The summed E-state index contributed by atoms with van der Waals surface area (Å²) in [5.41, 5.74) is -0.308. The van der Waals surface area contributed by atoms with Crippen molar-refractivity contribution in [2.45, 2.75) is 69.4 Å². The summed E-state index contributed by atoms with van der Waals surface area (Å²) in [7, 11) is 1.81. The molecule has 0 aromatic heterocycles. The van der Waals surface area contributed by atoms with Crippen molar-refractivity contribution in [2.24, 2.45) is 11.8 Å². The van der Waals surface area contributed by atoms with Crippen molar-refractivity contribution < 1.29 is 4.79 Å². The van der Waals surface area contributed by atoms with E-state index in [1.54, 1.807) is 11.9 Å². The van der Waals surface area contributed by atoms with Crippen LogP contribution in [0.15, 0.2) is 0 Å². The number of nitrogens with zero attached hydrogens (tertiary/aromatic N) is 2. The molecule has 0 spiro atoms. The van der Waals surface area contributed by atoms with Crippen LogP contribution in [-0.2, 0) is 4.79 Å². The lowest BCUT2D eigenvalue weighted by Gasteiger charge is -2.64. The molecule has 1 amide bonds. The Kier molecular flexibility index (Phi) is 2.67. The van der Waals surface area contributed by atoms with Crippen molar-refractivity contribution in [3.8, 4) is 0 Å². The molecule has 2 saturated heterocycles. The van der Waals surface area contributed by atoms with E-state index in [1.807, 2.05) is 0 Å². The average molecular weight is 275 g/mol. The van der Waals surface area contributed by atoms with Crippen molar-refractivity contribution in [1.82, 2.24) is 9.80 Å². The molecule has 0 aromatic rings. The molecule has 3 unspecified atom stereocenters. The van der Waals surface area contributed by atoms with Gasteiger partial charge in [0.2, 0.25) is 5.96 Å². The predicted octanol–water partition coefficient (Wildman–Crippen LogP) is 2.59. The minimum Gasteiger partial charge on any atom is -0.324 e. The number of fused-ring (bicyclic) bond motifs is 4. The van der Waals surface area contributed by atoms with E-state index in [0.29, 0.717) is 23.8 Å². The van der Waals surface area contributed by atoms with Crippen LogP contribution in [-0.4, -0.2) is 40.3 Å². The van der Waals surface area contributed by atoms with Crippen LogP contribution in [0.5, 0.6) is 0 Å². The van der Waals surface area contributed by atoms with Gasteiger partial charge in [0.1, 0.15) is 5.54 Å². The Balaban J connectivity index is 1.75. The summed E-state index contributed by atoms with van der Waals surface area (Å²) < 4.78 is 0. The molecule has 2 aliphatic heterocycles. The third kappa shape index (κ3) is 1.28. The zero-order valence-electron chi connectivity index (χ0n) is 12.4. The first kappa shape index (κ1) is 12.7. The topological polar surface area (TPSA) is 47.4 Å². The smallest absolute Gasteiger partial charge is 0.255 e. The van der Waals surface area contributed by atoms with Crippen LogP contribution in [0.4, 0.5) is 0 Å². The highest BCUT2D eigenvalue weighted by atomic mass is 16.2. The number of amides is 1. The Bertz CT molecular complexity index is 447. The van der Waals surface area contributed by atoms with E-state index in [0.717, 1.165) is 0 Å². The average Bonchev–Trinajstić information content (AvgIpc) is 2.64. The van der Waals surface area contributed by atoms with Gasteiger partial charge in [-0.2, -0.15) is 0 Å². The van der Waals surface area contributed by atoms with Crippen molar-refractivity contribution >= 4 is 11.9 Å². The number of hydrogen-bond donors (Lipinski definition) is 1. The Morgan fingerprint density at radius 3 is 2.45 bits per heavy atom. The summed E-state index contributed by atoms with van der Waals surface area (Å²) in [6.45, 7) is 0. The SMILES string of the molecule is CN1C(=N)N2C3CCCCC3C2(C2CCCCC2)C1=O. The van der Waals surface area contributed by atoms with E-state index in [4.69, 9.17) is 5.41 Å². The maximum atomic E-state index is 13.0. The predicted molar refractivity (Wildman–Crippen MR) is 77.4 cm³/mol. The number of carbonyl (C=O) groups is 1. The molecule has 2 aliphatic carbocycles. The lowest BCUT2D eigenvalue weighted by molar-refractivity contribution is -0.168. The first-order valence-electron chi connectivity index (χ1n) is 8.35. The standard InChI is InChI=1S/C16H25N3O/c1-18-14(20)16(11-7-3-2-4-8-11)12-9-5-6-10-13(12)19(16)15(18)17/h11-13,17H,2-10H2,1H3. The van der Waals surface area contributed by atoms with E-state index in [2.05, 4.69) is 4.90 Å². The van der Waals surface area contributed by atoms with E-state index < -0.39 is 0 Å². The number of guanidine groups is 1. The van der Waals surface area contributed by atoms with Gasteiger partial charge in [0.05, 0.1) is 0 Å². The summed E-state index contributed by atoms with van der Waals surface area (Å²) in [5, 5.41) is 8.37. The van der Waals surface area contributed by atoms with Crippen LogP contribution in [0.25, 0.3) is 0 Å². The molecule has 4 rings (SSSR count). The fourth-order valence-electron chi connectivity index (χ4n) is 5.64. The molecule has 20 heavy (non-hydrogen) atoms. The minimum atomic E-state index is -0.308. The molecule has 4 fully saturated rings. The molecule has 4 nitrogen and oxygen atoms in total. The fraction of sp³-hybridized carbons (Fsp3) is 0.875. The molecule has 0 bridgehead atoms. The second-order valence-corrected chi connectivity index (χ2v) is 7.18. The van der Waals surface area contributed by atoms with Gasteiger partial charge < -0.3 is 4.90 Å². The van der Waals surface area contributed by atoms with Gasteiger partial charge in [-0.25, -0.2) is 0 Å². The van der Waals surface area contributed by atoms with Gasteiger partial charge in [0, 0.05) is 19.0 Å². The van der Waals surface area contributed by atoms with E-state index in [1.165, 1.54) is 57.8 Å². The molecule has 2 saturated carbocycles. The molecule has 0 aromatic carbocycles. The molecule has 4 aliphatic rings. The Morgan fingerprint density at radius 2 is 1.70 bits per heavy atom. The highest BCUT2D eigenvalue weighted by Gasteiger charge is 2.73. The minimum absolute atomic E-state index is 0.234. The highest BCUT2D eigenvalue weighted by Crippen LogP contribution is 2.59. The summed E-state index contributed by atoms with van der Waals surface area (Å²) in [6.07, 6.45) is 11.1. The molecule has 4 heteroatoms. The summed E-state index contributed by atoms with van der Waals surface area (Å²) >= 11 is 0. The van der Waals surface area contributed by atoms with Crippen molar-refractivity contribution in [3.63, 3.8) is 0 Å². The monoisotopic (exact) mass is 275 g/mol. The normalized spacial score (nSPS) is 41.5. The van der Waals surface area contributed by atoms with Gasteiger partial charge in [-0.3, -0.25) is 15.1 Å². The zero-order chi connectivity index (χ0) is 13.9. The van der Waals surface area contributed by atoms with Gasteiger partial charge in [-0.15, -0.1) is 0 Å². The maximum Gasteiger partial charge on any atom is 0.255 e. The molecular weight excluding hydrogens is 250 g/mol. The van der Waals surface area contributed by atoms with Gasteiger partial charge in [0.25, 0.3) is 5.91 Å². The Hall–Kier alpha value is -1.06. The van der Waals surface area contributed by atoms with E-state index in [-0.39, 0.29) is 11.4 Å². The van der Waals surface area contributed by atoms with E-state index in [9.17, 15) is 4.79 Å². The van der Waals surface area contributed by atoms with Crippen LogP contribution in [0, 0.1) is 17.2 Å². The van der Waals surface area contributed by atoms with Gasteiger partial charge in [-0.1, -0.05) is 32.1 Å². The molecular formula is C16H25N3O. The number of nitrogens with one attached hydrogen (secondary N) is 1. The van der Waals surface area contributed by atoms with Gasteiger partial charge >= 0.3 is 0 Å². The number of rotatable bonds is 1. The van der Waals surface area contributed by atoms with Gasteiger partial charge in [0.15, 0.2) is 0 Å². The van der Waals surface area contributed by atoms with Crippen LogP contribution in [0.2, 0.25) is 0 Å². The van der Waals surface area contributed by atoms with Crippen LogP contribution in [0.3, 0.4) is 0 Å². The molecule has 0 radical (unpaired) electrons. The summed E-state index contributed by atoms with van der Waals surface area (Å²) in [4.78, 5) is 16.9. The summed E-state index contributed by atoms with van der Waals surface area (Å²) in [6, 6.07) is 0.479. The third-order valence-corrected chi connectivity index (χ3v) is 6.45. The third-order valence-electron chi connectivity index (χ3n) is 6.45. The van der Waals surface area contributed by atoms with Crippen molar-refractivity contribution in [1.29, 1.82) is 5.41 Å². The first-order valence-corrected chi connectivity index (χ1v) is 8.35. The number of hydrogen-bond acceptors (Lipinski definition) is 2. The first-order chi connectivity index (χ1) is 9.69. The quantitative estimate of drug-likeness (QED) is 0.799. The fourth-order valence-corrected chi connectivity index (χ4v) is 5.64. The largest absolute Gasteiger partial charge is 0.324 e. The molecule has 2 heterocycles. The number of likely N-dealkylation sites (N-methyl/N-ethyl adjacent to an activating group) is 1. The lowest BCUT2D eigenvalue weighted by Crippen LogP contribution is -2.77. The van der Waals surface area contributed by atoms with Crippen LogP contribution < -0.4 is 0 Å². The molecule has 1 N–H and O–H groups in total. The van der Waals surface area contributed by atoms with Crippen molar-refractivity contribution in [3.05, 3.63) is 0 Å². The van der Waals surface area contributed by atoms with Gasteiger partial charge in [-0.05, 0) is 31.6 Å². The van der Waals surface area contributed by atoms with E-state index >= 15 is 0 Å². The van der Waals surface area contributed by atoms with Crippen LogP contribution in [0.1, 0.15) is 57.8 Å². The second kappa shape index (κ2) is 4.22. The highest BCUT2D eigenvalue weighted by molar-refractivity contribution is 6.10. The lowest BCUT2D eigenvalue weighted by atomic mass is 9.55. The Morgan fingerprint density at radius 1 is 1.05 bits per heavy atom. The Labute approximate surface area is 121 Å². The zero-order valence-corrected chi connectivity index (χ0v) is 12.4. The number of carbonyl (C=O) groups excluding carboxylic acids is 1. The molecule has 110 valence electrons. The maximum absolute atomic E-state index is 13.0. The molecule has 3 atom stereocenters. The van der Waals surface area contributed by atoms with Crippen LogP contribution >= 0.6 is 0 Å².